The van der Waals surface area contributed by atoms with Crippen LogP contribution < -0.4 is 5.32 Å². The second kappa shape index (κ2) is 10.2. The quantitative estimate of drug-likeness (QED) is 0.711. The fourth-order valence-electron chi connectivity index (χ4n) is 4.56. The highest BCUT2D eigenvalue weighted by atomic mass is 35.5. The molecule has 31 heavy (non-hydrogen) atoms. The van der Waals surface area contributed by atoms with Gasteiger partial charge in [-0.15, -0.1) is 0 Å². The number of rotatable bonds is 7. The van der Waals surface area contributed by atoms with Gasteiger partial charge < -0.3 is 15.0 Å². The molecule has 1 fully saturated rings. The molecule has 0 saturated carbocycles. The number of nitrogens with zero attached hydrogens (tertiary/aromatic N) is 3. The minimum absolute atomic E-state index is 0.0571. The molecule has 0 spiro atoms. The molecule has 7 heteroatoms. The maximum atomic E-state index is 13.3. The maximum absolute atomic E-state index is 13.3. The summed E-state index contributed by atoms with van der Waals surface area (Å²) in [6.45, 7) is 8.64. The number of hydrogen-bond donors (Lipinski definition) is 1. The van der Waals surface area contributed by atoms with E-state index in [-0.39, 0.29) is 5.91 Å². The highest BCUT2D eigenvalue weighted by Gasteiger charge is 2.31. The van der Waals surface area contributed by atoms with Crippen LogP contribution in [0.4, 0.5) is 0 Å². The molecule has 1 atom stereocenters. The zero-order valence-electron chi connectivity index (χ0n) is 18.6. The SMILES string of the molecule is CC(C)Cn1nc(C(=O)N2CCOCC2)c2c1CCC(NCCc1cccc(Cl)c1)C2. The lowest BCUT2D eigenvalue weighted by molar-refractivity contribution is 0.0297. The summed E-state index contributed by atoms with van der Waals surface area (Å²) in [4.78, 5) is 15.2. The van der Waals surface area contributed by atoms with Crippen molar-refractivity contribution < 1.29 is 9.53 Å². The predicted molar refractivity (Wildman–Crippen MR) is 123 cm³/mol. The molecule has 1 aliphatic carbocycles. The van der Waals surface area contributed by atoms with Gasteiger partial charge in [0.2, 0.25) is 0 Å². The molecule has 1 aromatic carbocycles. The summed E-state index contributed by atoms with van der Waals surface area (Å²) in [7, 11) is 0. The molecule has 0 radical (unpaired) electrons. The average molecular weight is 445 g/mol. The molecule has 1 amide bonds. The van der Waals surface area contributed by atoms with E-state index in [0.29, 0.717) is 44.0 Å². The van der Waals surface area contributed by atoms with Gasteiger partial charge in [0.25, 0.3) is 5.91 Å². The minimum Gasteiger partial charge on any atom is -0.378 e. The number of nitrogens with one attached hydrogen (secondary N) is 1. The van der Waals surface area contributed by atoms with E-state index in [1.165, 1.54) is 11.3 Å². The summed E-state index contributed by atoms with van der Waals surface area (Å²) in [5, 5.41) is 9.30. The number of hydrogen-bond acceptors (Lipinski definition) is 4. The van der Waals surface area contributed by atoms with Gasteiger partial charge >= 0.3 is 0 Å². The van der Waals surface area contributed by atoms with Gasteiger partial charge in [0.1, 0.15) is 0 Å². The number of carbonyl (C=O) groups is 1. The minimum atomic E-state index is 0.0571. The molecule has 1 aliphatic heterocycles. The van der Waals surface area contributed by atoms with Crippen LogP contribution in [0.15, 0.2) is 24.3 Å². The molecule has 0 bridgehead atoms. The Morgan fingerprint density at radius 1 is 1.32 bits per heavy atom. The van der Waals surface area contributed by atoms with Crippen molar-refractivity contribution in [1.82, 2.24) is 20.0 Å². The first kappa shape index (κ1) is 22.3. The van der Waals surface area contributed by atoms with E-state index in [9.17, 15) is 4.79 Å². The Bertz CT molecular complexity index is 905. The van der Waals surface area contributed by atoms with E-state index >= 15 is 0 Å². The number of amides is 1. The number of halogens is 1. The van der Waals surface area contributed by atoms with Crippen molar-refractivity contribution in [2.24, 2.45) is 5.92 Å². The van der Waals surface area contributed by atoms with Gasteiger partial charge in [-0.25, -0.2) is 0 Å². The van der Waals surface area contributed by atoms with E-state index in [1.807, 2.05) is 23.1 Å². The summed E-state index contributed by atoms with van der Waals surface area (Å²) in [6, 6.07) is 8.40. The van der Waals surface area contributed by atoms with Crippen molar-refractivity contribution in [2.75, 3.05) is 32.8 Å². The fraction of sp³-hybridized carbons (Fsp3) is 0.583. The van der Waals surface area contributed by atoms with Crippen LogP contribution >= 0.6 is 11.6 Å². The smallest absolute Gasteiger partial charge is 0.274 e. The third-order valence-electron chi connectivity index (χ3n) is 6.12. The van der Waals surface area contributed by atoms with Crippen LogP contribution in [-0.4, -0.2) is 59.5 Å². The Morgan fingerprint density at radius 3 is 2.87 bits per heavy atom. The zero-order valence-corrected chi connectivity index (χ0v) is 19.3. The van der Waals surface area contributed by atoms with Crippen molar-refractivity contribution >= 4 is 17.5 Å². The molecule has 6 nitrogen and oxygen atoms in total. The second-order valence-corrected chi connectivity index (χ2v) is 9.46. The third kappa shape index (κ3) is 5.48. The highest BCUT2D eigenvalue weighted by Crippen LogP contribution is 2.27. The summed E-state index contributed by atoms with van der Waals surface area (Å²) in [5.74, 6) is 0.547. The summed E-state index contributed by atoms with van der Waals surface area (Å²) in [5.41, 5.74) is 4.28. The first-order valence-corrected chi connectivity index (χ1v) is 11.8. The molecule has 168 valence electrons. The van der Waals surface area contributed by atoms with Crippen LogP contribution in [0.2, 0.25) is 5.02 Å². The zero-order chi connectivity index (χ0) is 21.8. The van der Waals surface area contributed by atoms with Gasteiger partial charge in [0.05, 0.1) is 13.2 Å². The Morgan fingerprint density at radius 2 is 2.13 bits per heavy atom. The molecule has 2 aliphatic rings. The lowest BCUT2D eigenvalue weighted by Crippen LogP contribution is -2.42. The Balaban J connectivity index is 1.46. The predicted octanol–water partition coefficient (Wildman–Crippen LogP) is 3.35. The molecular weight excluding hydrogens is 412 g/mol. The van der Waals surface area contributed by atoms with Crippen LogP contribution in [0.3, 0.4) is 0 Å². The summed E-state index contributed by atoms with van der Waals surface area (Å²) >= 11 is 6.10. The van der Waals surface area contributed by atoms with Crippen LogP contribution in [0.25, 0.3) is 0 Å². The monoisotopic (exact) mass is 444 g/mol. The number of benzene rings is 1. The molecule has 2 aromatic rings. The van der Waals surface area contributed by atoms with E-state index in [1.54, 1.807) is 0 Å². The van der Waals surface area contributed by atoms with Crippen molar-refractivity contribution in [1.29, 1.82) is 0 Å². The van der Waals surface area contributed by atoms with E-state index in [0.717, 1.165) is 49.4 Å². The second-order valence-electron chi connectivity index (χ2n) is 9.03. The first-order chi connectivity index (χ1) is 15.0. The van der Waals surface area contributed by atoms with Crippen molar-refractivity contribution in [3.8, 4) is 0 Å². The van der Waals surface area contributed by atoms with Gasteiger partial charge in [-0.3, -0.25) is 9.48 Å². The molecule has 2 heterocycles. The Kier molecular flexibility index (Phi) is 7.31. The van der Waals surface area contributed by atoms with Crippen LogP contribution in [0, 0.1) is 5.92 Å². The molecule has 1 saturated heterocycles. The Labute approximate surface area is 189 Å². The van der Waals surface area contributed by atoms with Crippen molar-refractivity contribution in [2.45, 2.75) is 52.1 Å². The summed E-state index contributed by atoms with van der Waals surface area (Å²) < 4.78 is 7.52. The maximum Gasteiger partial charge on any atom is 0.274 e. The van der Waals surface area contributed by atoms with Gasteiger partial charge in [0.15, 0.2) is 5.69 Å². The lowest BCUT2D eigenvalue weighted by Gasteiger charge is -2.28. The lowest BCUT2D eigenvalue weighted by atomic mass is 9.90. The third-order valence-corrected chi connectivity index (χ3v) is 6.36. The van der Waals surface area contributed by atoms with Gasteiger partial charge in [-0.05, 0) is 55.8 Å². The highest BCUT2D eigenvalue weighted by molar-refractivity contribution is 6.30. The van der Waals surface area contributed by atoms with Crippen LogP contribution in [0.5, 0.6) is 0 Å². The van der Waals surface area contributed by atoms with E-state index in [4.69, 9.17) is 21.4 Å². The van der Waals surface area contributed by atoms with E-state index in [2.05, 4.69) is 29.9 Å². The molecule has 1 unspecified atom stereocenters. The fourth-order valence-corrected chi connectivity index (χ4v) is 4.77. The van der Waals surface area contributed by atoms with E-state index < -0.39 is 0 Å². The van der Waals surface area contributed by atoms with Gasteiger partial charge in [0, 0.05) is 42.0 Å². The first-order valence-electron chi connectivity index (χ1n) is 11.4. The largest absolute Gasteiger partial charge is 0.378 e. The van der Waals surface area contributed by atoms with Gasteiger partial charge in [-0.2, -0.15) is 5.10 Å². The number of aromatic nitrogens is 2. The van der Waals surface area contributed by atoms with Crippen molar-refractivity contribution in [3.63, 3.8) is 0 Å². The molecule has 4 rings (SSSR count). The number of carbonyl (C=O) groups excluding carboxylic acids is 1. The molecular formula is C24H33ClN4O2. The summed E-state index contributed by atoms with van der Waals surface area (Å²) in [6.07, 6.45) is 3.82. The van der Waals surface area contributed by atoms with Crippen molar-refractivity contribution in [3.05, 3.63) is 51.8 Å². The molecule has 1 aromatic heterocycles. The number of morpholine rings is 1. The van der Waals surface area contributed by atoms with Crippen LogP contribution in [0.1, 0.15) is 47.6 Å². The standard InChI is InChI=1S/C24H33ClN4O2/c1-17(2)16-29-22-7-6-20(26-9-8-18-4-3-5-19(25)14-18)15-21(22)23(27-29)24(30)28-10-12-31-13-11-28/h3-5,14,17,20,26H,6-13,15-16H2,1-2H3. The number of fused-ring (bicyclic) bond motifs is 1. The molecule has 1 N–H and O–H groups in total. The average Bonchev–Trinajstić information content (AvgIpc) is 3.11. The number of ether oxygens (including phenoxy) is 1. The van der Waals surface area contributed by atoms with Crippen LogP contribution in [-0.2, 0) is 30.5 Å². The van der Waals surface area contributed by atoms with Gasteiger partial charge in [-0.1, -0.05) is 37.6 Å². The Hall–Kier alpha value is -1.89. The normalized spacial score (nSPS) is 19.0. The topological polar surface area (TPSA) is 59.4 Å².